The van der Waals surface area contributed by atoms with Gasteiger partial charge in [-0.05, 0) is 0 Å². The molecule has 0 aromatic carbocycles. The van der Waals surface area contributed by atoms with Crippen molar-refractivity contribution >= 4 is 6.16 Å². The third kappa shape index (κ3) is 2.86. The fraction of sp³-hybridized carbons (Fsp3) is 0.900. The molecule has 3 rings (SSSR count). The van der Waals surface area contributed by atoms with Crippen LogP contribution >= 0.6 is 0 Å². The first-order chi connectivity index (χ1) is 8.18. The number of ether oxygens (including phenoxy) is 5. The van der Waals surface area contributed by atoms with Gasteiger partial charge in [-0.1, -0.05) is 0 Å². The lowest BCUT2D eigenvalue weighted by atomic mass is 10.0. The van der Waals surface area contributed by atoms with E-state index in [1.807, 2.05) is 0 Å². The predicted molar refractivity (Wildman–Crippen MR) is 51.6 cm³/mol. The lowest BCUT2D eigenvalue weighted by Crippen LogP contribution is -2.28. The second kappa shape index (κ2) is 4.09. The van der Waals surface area contributed by atoms with Gasteiger partial charge in [-0.15, -0.1) is 0 Å². The van der Waals surface area contributed by atoms with E-state index in [0.29, 0.717) is 26.2 Å². The summed E-state index contributed by atoms with van der Waals surface area (Å²) >= 11 is 0. The Hall–Kier alpha value is -0.890. The Morgan fingerprint density at radius 2 is 2.06 bits per heavy atom. The maximum absolute atomic E-state index is 10.4. The second-order valence-corrected chi connectivity index (χ2v) is 4.53. The van der Waals surface area contributed by atoms with E-state index in [1.54, 1.807) is 0 Å². The SMILES string of the molecule is O=C(O)OC1OC1(COCC1CO1)CC1CO1. The standard InChI is InChI=1S/C10H14O7/c11-9(12)16-8-10(17-8,1-6-3-14-6)5-13-2-7-4-15-7/h6-8H,1-5H2,(H,11,12). The first-order valence-electron chi connectivity index (χ1n) is 5.56. The molecule has 0 spiro atoms. The molecule has 96 valence electrons. The van der Waals surface area contributed by atoms with Gasteiger partial charge in [0.05, 0.1) is 32.5 Å². The minimum atomic E-state index is -1.33. The Morgan fingerprint density at radius 1 is 1.35 bits per heavy atom. The quantitative estimate of drug-likeness (QED) is 0.498. The molecule has 0 bridgehead atoms. The largest absolute Gasteiger partial charge is 0.508 e. The van der Waals surface area contributed by atoms with E-state index in [-0.39, 0.29) is 12.2 Å². The zero-order valence-electron chi connectivity index (χ0n) is 9.16. The summed E-state index contributed by atoms with van der Waals surface area (Å²) in [5.74, 6) is 0. The highest BCUT2D eigenvalue weighted by atomic mass is 16.8. The van der Waals surface area contributed by atoms with E-state index in [0.717, 1.165) is 6.61 Å². The van der Waals surface area contributed by atoms with Gasteiger partial charge in [-0.2, -0.15) is 0 Å². The normalized spacial score (nSPS) is 42.0. The first-order valence-corrected chi connectivity index (χ1v) is 5.56. The molecule has 4 atom stereocenters. The Balaban J connectivity index is 1.47. The van der Waals surface area contributed by atoms with Gasteiger partial charge in [0, 0.05) is 6.42 Å². The summed E-state index contributed by atoms with van der Waals surface area (Å²) < 4.78 is 25.5. The number of carboxylic acid groups (broad SMARTS) is 1. The van der Waals surface area contributed by atoms with E-state index >= 15 is 0 Å². The van der Waals surface area contributed by atoms with Crippen molar-refractivity contribution < 1.29 is 33.6 Å². The smallest absolute Gasteiger partial charge is 0.450 e. The maximum atomic E-state index is 10.4. The van der Waals surface area contributed by atoms with Crippen LogP contribution in [0.5, 0.6) is 0 Å². The van der Waals surface area contributed by atoms with Crippen LogP contribution in [-0.2, 0) is 23.7 Å². The van der Waals surface area contributed by atoms with Crippen molar-refractivity contribution in [2.24, 2.45) is 0 Å². The van der Waals surface area contributed by atoms with Crippen LogP contribution in [0.3, 0.4) is 0 Å². The summed E-state index contributed by atoms with van der Waals surface area (Å²) in [5, 5.41) is 8.54. The summed E-state index contributed by atoms with van der Waals surface area (Å²) in [4.78, 5) is 10.4. The average molecular weight is 246 g/mol. The van der Waals surface area contributed by atoms with E-state index in [9.17, 15) is 4.79 Å². The highest BCUT2D eigenvalue weighted by Gasteiger charge is 2.62. The van der Waals surface area contributed by atoms with Gasteiger partial charge in [-0.25, -0.2) is 4.79 Å². The molecule has 7 nitrogen and oxygen atoms in total. The molecule has 0 aliphatic carbocycles. The van der Waals surface area contributed by atoms with Crippen molar-refractivity contribution in [1.82, 2.24) is 0 Å². The molecule has 3 aliphatic rings. The van der Waals surface area contributed by atoms with Crippen molar-refractivity contribution in [3.8, 4) is 0 Å². The van der Waals surface area contributed by atoms with Crippen LogP contribution in [0.15, 0.2) is 0 Å². The van der Waals surface area contributed by atoms with Crippen LogP contribution in [0.25, 0.3) is 0 Å². The molecule has 3 saturated heterocycles. The number of carbonyl (C=O) groups is 1. The summed E-state index contributed by atoms with van der Waals surface area (Å²) in [6, 6.07) is 0. The van der Waals surface area contributed by atoms with Gasteiger partial charge in [0.25, 0.3) is 0 Å². The van der Waals surface area contributed by atoms with Gasteiger partial charge in [-0.3, -0.25) is 0 Å². The highest BCUT2D eigenvalue weighted by molar-refractivity contribution is 5.57. The molecular weight excluding hydrogens is 232 g/mol. The van der Waals surface area contributed by atoms with Gasteiger partial charge >= 0.3 is 6.16 Å². The lowest BCUT2D eigenvalue weighted by molar-refractivity contribution is 0.0489. The number of hydrogen-bond donors (Lipinski definition) is 1. The lowest BCUT2D eigenvalue weighted by Gasteiger charge is -2.10. The second-order valence-electron chi connectivity index (χ2n) is 4.53. The van der Waals surface area contributed by atoms with Crippen molar-refractivity contribution in [3.63, 3.8) is 0 Å². The third-order valence-electron chi connectivity index (χ3n) is 2.95. The molecule has 4 unspecified atom stereocenters. The van der Waals surface area contributed by atoms with Crippen LogP contribution in [0.1, 0.15) is 6.42 Å². The van der Waals surface area contributed by atoms with Gasteiger partial charge in [0.1, 0.15) is 6.10 Å². The van der Waals surface area contributed by atoms with Crippen molar-refractivity contribution in [1.29, 1.82) is 0 Å². The predicted octanol–water partition coefficient (Wildman–Crippen LogP) is -0.0196. The Labute approximate surface area is 97.5 Å². The van der Waals surface area contributed by atoms with Crippen LogP contribution in [0.2, 0.25) is 0 Å². The zero-order valence-corrected chi connectivity index (χ0v) is 9.16. The third-order valence-corrected chi connectivity index (χ3v) is 2.95. The van der Waals surface area contributed by atoms with Crippen LogP contribution in [0, 0.1) is 0 Å². The van der Waals surface area contributed by atoms with Crippen molar-refractivity contribution in [2.45, 2.75) is 30.5 Å². The molecular formula is C10H14O7. The zero-order chi connectivity index (χ0) is 11.9. The molecule has 1 N–H and O–H groups in total. The van der Waals surface area contributed by atoms with E-state index in [1.165, 1.54) is 0 Å². The maximum Gasteiger partial charge on any atom is 0.508 e. The number of epoxide rings is 3. The summed E-state index contributed by atoms with van der Waals surface area (Å²) in [7, 11) is 0. The highest BCUT2D eigenvalue weighted by Crippen LogP contribution is 2.44. The van der Waals surface area contributed by atoms with Crippen molar-refractivity contribution in [2.75, 3.05) is 26.4 Å². The molecule has 0 saturated carbocycles. The molecule has 3 heterocycles. The van der Waals surface area contributed by atoms with E-state index in [2.05, 4.69) is 4.74 Å². The van der Waals surface area contributed by atoms with E-state index < -0.39 is 18.0 Å². The fourth-order valence-corrected chi connectivity index (χ4v) is 1.81. The molecule has 0 aromatic rings. The van der Waals surface area contributed by atoms with E-state index in [4.69, 9.17) is 24.1 Å². The topological polar surface area (TPSA) is 93.4 Å². The summed E-state index contributed by atoms with van der Waals surface area (Å²) in [6.07, 6.45) is -1.14. The van der Waals surface area contributed by atoms with Crippen LogP contribution in [0.4, 0.5) is 4.79 Å². The Morgan fingerprint density at radius 3 is 2.65 bits per heavy atom. The molecule has 3 fully saturated rings. The number of hydrogen-bond acceptors (Lipinski definition) is 6. The Kier molecular flexibility index (Phi) is 2.70. The molecule has 0 amide bonds. The Bertz CT molecular complexity index is 312. The monoisotopic (exact) mass is 246 g/mol. The average Bonchev–Trinajstić information content (AvgIpc) is 3.05. The molecule has 3 aliphatic heterocycles. The molecule has 0 aromatic heterocycles. The molecule has 17 heavy (non-hydrogen) atoms. The van der Waals surface area contributed by atoms with Crippen LogP contribution in [-0.4, -0.2) is 61.8 Å². The van der Waals surface area contributed by atoms with Gasteiger partial charge in [0.15, 0.2) is 5.60 Å². The van der Waals surface area contributed by atoms with Crippen molar-refractivity contribution in [3.05, 3.63) is 0 Å². The van der Waals surface area contributed by atoms with Crippen LogP contribution < -0.4 is 0 Å². The van der Waals surface area contributed by atoms with Gasteiger partial charge < -0.3 is 28.8 Å². The minimum Gasteiger partial charge on any atom is -0.450 e. The fourth-order valence-electron chi connectivity index (χ4n) is 1.81. The minimum absolute atomic E-state index is 0.137. The molecule has 0 radical (unpaired) electrons. The van der Waals surface area contributed by atoms with Gasteiger partial charge in [0.2, 0.25) is 6.29 Å². The summed E-state index contributed by atoms with van der Waals surface area (Å²) in [6.45, 7) is 2.24. The number of rotatable bonds is 7. The summed E-state index contributed by atoms with van der Waals surface area (Å²) in [5.41, 5.74) is -0.658. The molecule has 7 heteroatoms. The first kappa shape index (κ1) is 11.2.